The monoisotopic (exact) mass is 320 g/mol. The Kier molecular flexibility index (Phi) is 5.98. The zero-order valence-corrected chi connectivity index (χ0v) is 13.8. The van der Waals surface area contributed by atoms with Gasteiger partial charge in [0.15, 0.2) is 0 Å². The number of hydrogen-bond donors (Lipinski definition) is 2. The zero-order chi connectivity index (χ0) is 16.8. The molecule has 23 heavy (non-hydrogen) atoms. The number of nitrogens with one attached hydrogen (secondary N) is 2. The third-order valence-electron chi connectivity index (χ3n) is 3.52. The molecule has 2 N–H and O–H groups in total. The van der Waals surface area contributed by atoms with Crippen LogP contribution in [0.4, 0.5) is 5.69 Å². The third-order valence-corrected chi connectivity index (χ3v) is 3.52. The molecule has 0 radical (unpaired) electrons. The van der Waals surface area contributed by atoms with Crippen LogP contribution in [0.1, 0.15) is 32.8 Å². The van der Waals surface area contributed by atoms with E-state index in [1.54, 1.807) is 0 Å². The second-order valence-electron chi connectivity index (χ2n) is 5.94. The van der Waals surface area contributed by atoms with Crippen molar-refractivity contribution in [2.75, 3.05) is 18.5 Å². The normalized spacial score (nSPS) is 14.9. The summed E-state index contributed by atoms with van der Waals surface area (Å²) in [5.41, 5.74) is 1.79. The summed E-state index contributed by atoms with van der Waals surface area (Å²) in [6.45, 7) is 6.25. The van der Waals surface area contributed by atoms with E-state index in [0.717, 1.165) is 17.0 Å². The number of anilines is 1. The molecule has 1 amide bonds. The molecule has 0 saturated carbocycles. The van der Waals surface area contributed by atoms with Crippen LogP contribution in [0, 0.1) is 0 Å². The summed E-state index contributed by atoms with van der Waals surface area (Å²) in [7, 11) is 0. The first-order valence-electron chi connectivity index (χ1n) is 7.91. The standard InChI is InChI=1S/C17H24N2O4/c1-11(2)18-9-13(23-12(3)20)10-22-16-6-4-5-15-14(16)7-8-17(21)19-15/h4-6,11,13,18H,7-10H2,1-3H3,(H,19,21). The van der Waals surface area contributed by atoms with Gasteiger partial charge < -0.3 is 20.1 Å². The molecule has 6 nitrogen and oxygen atoms in total. The Labute approximate surface area is 136 Å². The van der Waals surface area contributed by atoms with Gasteiger partial charge in [-0.15, -0.1) is 0 Å². The van der Waals surface area contributed by atoms with Gasteiger partial charge in [-0.25, -0.2) is 0 Å². The maximum atomic E-state index is 11.5. The van der Waals surface area contributed by atoms with Crippen LogP contribution in [0.15, 0.2) is 18.2 Å². The van der Waals surface area contributed by atoms with Crippen LogP contribution in [-0.4, -0.2) is 37.2 Å². The number of ether oxygens (including phenoxy) is 2. The molecule has 0 aliphatic carbocycles. The first-order valence-corrected chi connectivity index (χ1v) is 7.91. The predicted molar refractivity (Wildman–Crippen MR) is 87.6 cm³/mol. The average molecular weight is 320 g/mol. The van der Waals surface area contributed by atoms with Crippen molar-refractivity contribution in [3.63, 3.8) is 0 Å². The number of benzene rings is 1. The maximum absolute atomic E-state index is 11.5. The van der Waals surface area contributed by atoms with Gasteiger partial charge in [-0.1, -0.05) is 19.9 Å². The van der Waals surface area contributed by atoms with Crippen molar-refractivity contribution in [3.05, 3.63) is 23.8 Å². The van der Waals surface area contributed by atoms with E-state index in [0.29, 0.717) is 25.4 Å². The molecule has 1 heterocycles. The fourth-order valence-corrected chi connectivity index (χ4v) is 2.45. The quantitative estimate of drug-likeness (QED) is 0.750. The molecule has 1 aromatic carbocycles. The van der Waals surface area contributed by atoms with Gasteiger partial charge in [0.25, 0.3) is 0 Å². The molecule has 0 aromatic heterocycles. The van der Waals surface area contributed by atoms with E-state index in [1.165, 1.54) is 6.92 Å². The Bertz CT molecular complexity index is 572. The smallest absolute Gasteiger partial charge is 0.303 e. The number of amides is 1. The van der Waals surface area contributed by atoms with Gasteiger partial charge in [0, 0.05) is 37.2 Å². The molecule has 0 saturated heterocycles. The Hall–Kier alpha value is -2.08. The summed E-state index contributed by atoms with van der Waals surface area (Å²) in [4.78, 5) is 22.7. The zero-order valence-electron chi connectivity index (χ0n) is 13.8. The molecule has 0 spiro atoms. The van der Waals surface area contributed by atoms with Crippen molar-refractivity contribution in [1.29, 1.82) is 0 Å². The van der Waals surface area contributed by atoms with Crippen molar-refractivity contribution in [3.8, 4) is 5.75 Å². The Balaban J connectivity index is 2.01. The topological polar surface area (TPSA) is 76.7 Å². The first kappa shape index (κ1) is 17.3. The molecule has 6 heteroatoms. The molecule has 1 aromatic rings. The van der Waals surface area contributed by atoms with E-state index >= 15 is 0 Å². The SMILES string of the molecule is CC(=O)OC(CNC(C)C)COc1cccc2c1CCC(=O)N2. The number of carbonyl (C=O) groups is 2. The molecule has 0 bridgehead atoms. The number of esters is 1. The van der Waals surface area contributed by atoms with Gasteiger partial charge in [-0.05, 0) is 18.6 Å². The Morgan fingerprint density at radius 2 is 2.13 bits per heavy atom. The first-order chi connectivity index (χ1) is 11.0. The molecule has 1 unspecified atom stereocenters. The fourth-order valence-electron chi connectivity index (χ4n) is 2.45. The van der Waals surface area contributed by atoms with Crippen molar-refractivity contribution >= 4 is 17.6 Å². The van der Waals surface area contributed by atoms with Crippen LogP contribution >= 0.6 is 0 Å². The van der Waals surface area contributed by atoms with E-state index in [4.69, 9.17) is 9.47 Å². The van der Waals surface area contributed by atoms with Crippen LogP contribution < -0.4 is 15.4 Å². The fraction of sp³-hybridized carbons (Fsp3) is 0.529. The highest BCUT2D eigenvalue weighted by atomic mass is 16.6. The lowest BCUT2D eigenvalue weighted by Crippen LogP contribution is -2.38. The highest BCUT2D eigenvalue weighted by molar-refractivity contribution is 5.94. The number of rotatable bonds is 7. The molecular weight excluding hydrogens is 296 g/mol. The van der Waals surface area contributed by atoms with Crippen molar-refractivity contribution in [2.24, 2.45) is 0 Å². The van der Waals surface area contributed by atoms with Gasteiger partial charge in [0.2, 0.25) is 5.91 Å². The highest BCUT2D eigenvalue weighted by Crippen LogP contribution is 2.31. The molecule has 2 rings (SSSR count). The van der Waals surface area contributed by atoms with E-state index in [9.17, 15) is 9.59 Å². The van der Waals surface area contributed by atoms with Crippen LogP contribution in [0.25, 0.3) is 0 Å². The summed E-state index contributed by atoms with van der Waals surface area (Å²) < 4.78 is 11.2. The second kappa shape index (κ2) is 7.97. The van der Waals surface area contributed by atoms with E-state index in [1.807, 2.05) is 32.0 Å². The van der Waals surface area contributed by atoms with E-state index in [-0.39, 0.29) is 24.6 Å². The molecular formula is C17H24N2O4. The van der Waals surface area contributed by atoms with Crippen LogP contribution in [0.5, 0.6) is 5.75 Å². The minimum Gasteiger partial charge on any atom is -0.489 e. The number of carbonyl (C=O) groups excluding carboxylic acids is 2. The molecule has 1 atom stereocenters. The van der Waals surface area contributed by atoms with E-state index < -0.39 is 0 Å². The highest BCUT2D eigenvalue weighted by Gasteiger charge is 2.20. The molecule has 126 valence electrons. The van der Waals surface area contributed by atoms with Crippen LogP contribution in [-0.2, 0) is 20.7 Å². The largest absolute Gasteiger partial charge is 0.489 e. The summed E-state index contributed by atoms with van der Waals surface area (Å²) >= 11 is 0. The maximum Gasteiger partial charge on any atom is 0.303 e. The van der Waals surface area contributed by atoms with Gasteiger partial charge in [-0.3, -0.25) is 9.59 Å². The number of hydrogen-bond acceptors (Lipinski definition) is 5. The predicted octanol–water partition coefficient (Wildman–Crippen LogP) is 1.88. The van der Waals surface area contributed by atoms with Gasteiger partial charge >= 0.3 is 5.97 Å². The lowest BCUT2D eigenvalue weighted by atomic mass is 10.0. The Morgan fingerprint density at radius 1 is 1.35 bits per heavy atom. The van der Waals surface area contributed by atoms with Crippen LogP contribution in [0.2, 0.25) is 0 Å². The van der Waals surface area contributed by atoms with Gasteiger partial charge in [0.05, 0.1) is 0 Å². The summed E-state index contributed by atoms with van der Waals surface area (Å²) in [5, 5.41) is 6.08. The summed E-state index contributed by atoms with van der Waals surface area (Å²) in [5.74, 6) is 0.421. The minimum absolute atomic E-state index is 0.0218. The lowest BCUT2D eigenvalue weighted by molar-refractivity contribution is -0.147. The van der Waals surface area contributed by atoms with Crippen molar-refractivity contribution < 1.29 is 19.1 Å². The molecule has 1 aliphatic rings. The number of fused-ring (bicyclic) bond motifs is 1. The van der Waals surface area contributed by atoms with Gasteiger partial charge in [-0.2, -0.15) is 0 Å². The summed E-state index contributed by atoms with van der Waals surface area (Å²) in [6.07, 6.45) is 0.749. The van der Waals surface area contributed by atoms with E-state index in [2.05, 4.69) is 10.6 Å². The van der Waals surface area contributed by atoms with Crippen molar-refractivity contribution in [2.45, 2.75) is 45.8 Å². The second-order valence-corrected chi connectivity index (χ2v) is 5.94. The van der Waals surface area contributed by atoms with Crippen LogP contribution in [0.3, 0.4) is 0 Å². The van der Waals surface area contributed by atoms with Crippen molar-refractivity contribution in [1.82, 2.24) is 5.32 Å². The molecule has 1 aliphatic heterocycles. The lowest BCUT2D eigenvalue weighted by Gasteiger charge is -2.23. The third kappa shape index (κ3) is 5.25. The average Bonchev–Trinajstić information content (AvgIpc) is 2.49. The van der Waals surface area contributed by atoms with Gasteiger partial charge in [0.1, 0.15) is 18.5 Å². The molecule has 0 fully saturated rings. The summed E-state index contributed by atoms with van der Waals surface area (Å²) in [6, 6.07) is 5.88. The Morgan fingerprint density at radius 3 is 2.83 bits per heavy atom. The minimum atomic E-state index is -0.357.